The van der Waals surface area contributed by atoms with Crippen molar-refractivity contribution in [2.24, 2.45) is 11.8 Å². The minimum absolute atomic E-state index is 0.202. The molecule has 144 valence electrons. The van der Waals surface area contributed by atoms with Crippen LogP contribution in [0.2, 0.25) is 0 Å². The van der Waals surface area contributed by atoms with Crippen molar-refractivity contribution in [1.29, 1.82) is 0 Å². The SMILES string of the molecule is CC(C)CCNC(=O)c1cccc(S(=O)(=O)N2C[C@@H]3CCCN[C@@H]3C2)c1. The van der Waals surface area contributed by atoms with Gasteiger partial charge in [0.15, 0.2) is 0 Å². The molecule has 0 bridgehead atoms. The van der Waals surface area contributed by atoms with Crippen LogP contribution in [0.1, 0.15) is 43.5 Å². The Labute approximate surface area is 156 Å². The molecule has 0 spiro atoms. The molecule has 7 heteroatoms. The van der Waals surface area contributed by atoms with E-state index in [-0.39, 0.29) is 16.8 Å². The number of benzene rings is 1. The highest BCUT2D eigenvalue weighted by Gasteiger charge is 2.40. The number of carbonyl (C=O) groups is 1. The highest BCUT2D eigenvalue weighted by atomic mass is 32.2. The van der Waals surface area contributed by atoms with E-state index in [2.05, 4.69) is 24.5 Å². The molecule has 0 radical (unpaired) electrons. The molecule has 0 aromatic heterocycles. The Morgan fingerprint density at radius 2 is 2.15 bits per heavy atom. The van der Waals surface area contributed by atoms with Crippen molar-refractivity contribution in [2.45, 2.75) is 44.0 Å². The summed E-state index contributed by atoms with van der Waals surface area (Å²) in [6.07, 6.45) is 3.07. The summed E-state index contributed by atoms with van der Waals surface area (Å²) in [5.41, 5.74) is 0.393. The lowest BCUT2D eigenvalue weighted by Crippen LogP contribution is -2.41. The van der Waals surface area contributed by atoms with Gasteiger partial charge in [-0.2, -0.15) is 4.31 Å². The van der Waals surface area contributed by atoms with Crippen LogP contribution >= 0.6 is 0 Å². The molecule has 2 heterocycles. The summed E-state index contributed by atoms with van der Waals surface area (Å²) in [5, 5.41) is 6.29. The van der Waals surface area contributed by atoms with Gasteiger partial charge in [0.2, 0.25) is 10.0 Å². The number of rotatable bonds is 6. The molecule has 6 nitrogen and oxygen atoms in total. The van der Waals surface area contributed by atoms with Gasteiger partial charge in [-0.1, -0.05) is 19.9 Å². The Hall–Kier alpha value is -1.44. The molecule has 2 aliphatic rings. The van der Waals surface area contributed by atoms with Crippen LogP contribution in [-0.2, 0) is 10.0 Å². The van der Waals surface area contributed by atoms with Gasteiger partial charge >= 0.3 is 0 Å². The van der Waals surface area contributed by atoms with Crippen molar-refractivity contribution in [3.05, 3.63) is 29.8 Å². The molecule has 2 N–H and O–H groups in total. The van der Waals surface area contributed by atoms with Crippen molar-refractivity contribution in [1.82, 2.24) is 14.9 Å². The number of hydrogen-bond acceptors (Lipinski definition) is 4. The fourth-order valence-electron chi connectivity index (χ4n) is 3.73. The van der Waals surface area contributed by atoms with E-state index in [0.717, 1.165) is 25.8 Å². The molecule has 2 fully saturated rings. The summed E-state index contributed by atoms with van der Waals surface area (Å²) in [7, 11) is -3.57. The van der Waals surface area contributed by atoms with E-state index in [0.29, 0.717) is 37.0 Å². The lowest BCUT2D eigenvalue weighted by molar-refractivity contribution is 0.0952. The highest BCUT2D eigenvalue weighted by Crippen LogP contribution is 2.29. The van der Waals surface area contributed by atoms with E-state index < -0.39 is 10.0 Å². The molecule has 0 aliphatic carbocycles. The zero-order valence-corrected chi connectivity index (χ0v) is 16.4. The number of nitrogens with zero attached hydrogens (tertiary/aromatic N) is 1. The molecule has 0 saturated carbocycles. The third kappa shape index (κ3) is 4.27. The normalized spacial score (nSPS) is 23.8. The Morgan fingerprint density at radius 3 is 2.88 bits per heavy atom. The van der Waals surface area contributed by atoms with Gasteiger partial charge in [-0.3, -0.25) is 4.79 Å². The monoisotopic (exact) mass is 379 g/mol. The van der Waals surface area contributed by atoms with E-state index in [4.69, 9.17) is 0 Å². The lowest BCUT2D eigenvalue weighted by Gasteiger charge is -2.24. The number of piperidine rings is 1. The van der Waals surface area contributed by atoms with Crippen LogP contribution in [0.15, 0.2) is 29.2 Å². The first kappa shape index (κ1) is 19.3. The summed E-state index contributed by atoms with van der Waals surface area (Å²) in [5.74, 6) is 0.676. The van der Waals surface area contributed by atoms with Crippen molar-refractivity contribution in [2.75, 3.05) is 26.2 Å². The number of carbonyl (C=O) groups excluding carboxylic acids is 1. The van der Waals surface area contributed by atoms with Crippen LogP contribution in [0.5, 0.6) is 0 Å². The second kappa shape index (κ2) is 8.06. The van der Waals surface area contributed by atoms with Crippen LogP contribution in [-0.4, -0.2) is 50.9 Å². The summed E-state index contributed by atoms with van der Waals surface area (Å²) in [6, 6.07) is 6.63. The topological polar surface area (TPSA) is 78.5 Å². The van der Waals surface area contributed by atoms with Gasteiger partial charge < -0.3 is 10.6 Å². The van der Waals surface area contributed by atoms with Gasteiger partial charge in [0, 0.05) is 31.2 Å². The molecule has 1 aromatic rings. The number of fused-ring (bicyclic) bond motifs is 1. The maximum atomic E-state index is 13.0. The Balaban J connectivity index is 1.71. The van der Waals surface area contributed by atoms with Crippen LogP contribution < -0.4 is 10.6 Å². The highest BCUT2D eigenvalue weighted by molar-refractivity contribution is 7.89. The van der Waals surface area contributed by atoms with Crippen molar-refractivity contribution < 1.29 is 13.2 Å². The Kier molecular flexibility index (Phi) is 5.99. The van der Waals surface area contributed by atoms with Gasteiger partial charge in [0.1, 0.15) is 0 Å². The molecular formula is C19H29N3O3S. The van der Waals surface area contributed by atoms with Gasteiger partial charge in [-0.05, 0) is 55.8 Å². The van der Waals surface area contributed by atoms with E-state index in [1.807, 2.05) is 0 Å². The van der Waals surface area contributed by atoms with Gasteiger partial charge in [-0.15, -0.1) is 0 Å². The standard InChI is InChI=1S/C19H29N3O3S/c1-14(2)8-10-21-19(23)15-5-3-7-17(11-15)26(24,25)22-12-16-6-4-9-20-18(16)13-22/h3,5,7,11,14,16,18,20H,4,6,8-10,12-13H2,1-2H3,(H,21,23)/t16-,18+/m0/s1. The van der Waals surface area contributed by atoms with Crippen molar-refractivity contribution in [3.63, 3.8) is 0 Å². The molecule has 2 atom stereocenters. The minimum Gasteiger partial charge on any atom is -0.352 e. The van der Waals surface area contributed by atoms with Crippen molar-refractivity contribution in [3.8, 4) is 0 Å². The third-order valence-corrected chi connectivity index (χ3v) is 7.13. The zero-order valence-electron chi connectivity index (χ0n) is 15.6. The average molecular weight is 380 g/mol. The van der Waals surface area contributed by atoms with Gasteiger partial charge in [-0.25, -0.2) is 8.42 Å². The van der Waals surface area contributed by atoms with E-state index in [1.54, 1.807) is 22.5 Å². The van der Waals surface area contributed by atoms with Crippen molar-refractivity contribution >= 4 is 15.9 Å². The predicted octanol–water partition coefficient (Wildman–Crippen LogP) is 1.83. The van der Waals surface area contributed by atoms with Gasteiger partial charge in [0.25, 0.3) is 5.91 Å². The molecule has 2 saturated heterocycles. The Bertz CT molecular complexity index is 734. The smallest absolute Gasteiger partial charge is 0.251 e. The Morgan fingerprint density at radius 1 is 1.35 bits per heavy atom. The average Bonchev–Trinajstić information content (AvgIpc) is 3.06. The summed E-state index contributed by atoms with van der Waals surface area (Å²) < 4.78 is 27.6. The van der Waals surface area contributed by atoms with E-state index >= 15 is 0 Å². The van der Waals surface area contributed by atoms with E-state index in [1.165, 1.54) is 6.07 Å². The number of hydrogen-bond donors (Lipinski definition) is 2. The number of nitrogens with one attached hydrogen (secondary N) is 2. The molecular weight excluding hydrogens is 350 g/mol. The maximum absolute atomic E-state index is 13.0. The largest absolute Gasteiger partial charge is 0.352 e. The lowest BCUT2D eigenvalue weighted by atomic mass is 9.94. The zero-order chi connectivity index (χ0) is 18.7. The first-order valence-electron chi connectivity index (χ1n) is 9.49. The molecule has 1 aromatic carbocycles. The van der Waals surface area contributed by atoms with Crippen LogP contribution in [0.3, 0.4) is 0 Å². The summed E-state index contributed by atoms with van der Waals surface area (Å²) in [6.45, 7) is 6.82. The number of sulfonamides is 1. The molecule has 1 amide bonds. The predicted molar refractivity (Wildman–Crippen MR) is 102 cm³/mol. The van der Waals surface area contributed by atoms with Crippen LogP contribution in [0, 0.1) is 11.8 Å². The van der Waals surface area contributed by atoms with E-state index in [9.17, 15) is 13.2 Å². The second-order valence-electron chi connectivity index (χ2n) is 7.75. The minimum atomic E-state index is -3.57. The molecule has 0 unspecified atom stereocenters. The quantitative estimate of drug-likeness (QED) is 0.790. The molecule has 2 aliphatic heterocycles. The molecule has 26 heavy (non-hydrogen) atoms. The fraction of sp³-hybridized carbons (Fsp3) is 0.632. The summed E-state index contributed by atoms with van der Waals surface area (Å²) in [4.78, 5) is 12.5. The second-order valence-corrected chi connectivity index (χ2v) is 9.69. The third-order valence-electron chi connectivity index (χ3n) is 5.31. The summed E-state index contributed by atoms with van der Waals surface area (Å²) >= 11 is 0. The maximum Gasteiger partial charge on any atom is 0.251 e. The first-order valence-corrected chi connectivity index (χ1v) is 10.9. The van der Waals surface area contributed by atoms with Crippen LogP contribution in [0.25, 0.3) is 0 Å². The van der Waals surface area contributed by atoms with Gasteiger partial charge in [0.05, 0.1) is 4.90 Å². The number of amides is 1. The van der Waals surface area contributed by atoms with Crippen LogP contribution in [0.4, 0.5) is 0 Å². The fourth-order valence-corrected chi connectivity index (χ4v) is 5.30. The molecule has 3 rings (SSSR count). The first-order chi connectivity index (χ1) is 12.4.